The van der Waals surface area contributed by atoms with Crippen molar-refractivity contribution in [2.45, 2.75) is 13.1 Å². The lowest BCUT2D eigenvalue weighted by molar-refractivity contribution is 0.475. The van der Waals surface area contributed by atoms with Gasteiger partial charge in [-0.2, -0.15) is 0 Å². The number of nitrogens with zero attached hydrogens (tertiary/aromatic N) is 2. The number of aromatic nitrogens is 2. The molecule has 3 aromatic rings. The number of imidazole rings is 1. The Balaban J connectivity index is 0.00000132. The first-order valence-corrected chi connectivity index (χ1v) is 6.88. The van der Waals surface area contributed by atoms with Gasteiger partial charge in [0.1, 0.15) is 11.6 Å². The van der Waals surface area contributed by atoms with Gasteiger partial charge in [0.25, 0.3) is 0 Å². The molecular formula is C17H19Br2N3O. The first-order valence-electron chi connectivity index (χ1n) is 6.88. The van der Waals surface area contributed by atoms with Gasteiger partial charge in [0.05, 0.1) is 6.54 Å². The molecular weight excluding hydrogens is 422 g/mol. The highest BCUT2D eigenvalue weighted by Gasteiger charge is 2.03. The minimum atomic E-state index is 0. The molecule has 0 amide bonds. The number of nitrogens with one attached hydrogen (secondary N) is 1. The van der Waals surface area contributed by atoms with Gasteiger partial charge < -0.3 is 15.0 Å². The van der Waals surface area contributed by atoms with E-state index in [1.165, 1.54) is 0 Å². The lowest BCUT2D eigenvalue weighted by Gasteiger charge is -2.10. The monoisotopic (exact) mass is 439 g/mol. The molecule has 0 spiro atoms. The second-order valence-corrected chi connectivity index (χ2v) is 4.86. The highest BCUT2D eigenvalue weighted by atomic mass is 79.9. The molecule has 0 aliphatic carbocycles. The summed E-state index contributed by atoms with van der Waals surface area (Å²) in [5.41, 5.74) is 2.21. The van der Waals surface area contributed by atoms with Crippen LogP contribution < -0.4 is 5.32 Å². The van der Waals surface area contributed by atoms with Crippen LogP contribution in [0.25, 0.3) is 0 Å². The normalized spacial score (nSPS) is 9.57. The van der Waals surface area contributed by atoms with Crippen LogP contribution in [0.2, 0.25) is 0 Å². The van der Waals surface area contributed by atoms with E-state index in [9.17, 15) is 5.11 Å². The van der Waals surface area contributed by atoms with Gasteiger partial charge in [0.15, 0.2) is 0 Å². The summed E-state index contributed by atoms with van der Waals surface area (Å²) in [4.78, 5) is 4.40. The van der Waals surface area contributed by atoms with E-state index in [0.29, 0.717) is 6.54 Å². The van der Waals surface area contributed by atoms with E-state index < -0.39 is 0 Å². The molecule has 0 aliphatic rings. The number of anilines is 1. The van der Waals surface area contributed by atoms with E-state index in [1.807, 2.05) is 54.9 Å². The Hall–Kier alpha value is -1.79. The van der Waals surface area contributed by atoms with Gasteiger partial charge in [0, 0.05) is 24.6 Å². The fraction of sp³-hybridized carbons (Fsp3) is 0.118. The van der Waals surface area contributed by atoms with Crippen LogP contribution >= 0.6 is 34.0 Å². The molecule has 0 fully saturated rings. The van der Waals surface area contributed by atoms with E-state index in [1.54, 1.807) is 12.1 Å². The molecule has 1 heterocycles. The van der Waals surface area contributed by atoms with Crippen LogP contribution in [0.1, 0.15) is 11.4 Å². The molecule has 0 aliphatic heterocycles. The first-order chi connectivity index (χ1) is 10.3. The number of phenols is 1. The van der Waals surface area contributed by atoms with Crippen molar-refractivity contribution in [2.75, 3.05) is 5.32 Å². The lowest BCUT2D eigenvalue weighted by atomic mass is 10.2. The predicted molar refractivity (Wildman–Crippen MR) is 104 cm³/mol. The molecule has 0 saturated heterocycles. The Morgan fingerprint density at radius 3 is 2.35 bits per heavy atom. The van der Waals surface area contributed by atoms with Crippen molar-refractivity contribution in [3.8, 4) is 5.75 Å². The summed E-state index contributed by atoms with van der Waals surface area (Å²) in [5, 5.41) is 12.7. The minimum absolute atomic E-state index is 0. The van der Waals surface area contributed by atoms with Crippen LogP contribution in [-0.2, 0) is 13.1 Å². The Bertz CT molecular complexity index is 699. The Kier molecular flexibility index (Phi) is 7.85. The fourth-order valence-corrected chi connectivity index (χ4v) is 2.19. The zero-order valence-electron chi connectivity index (χ0n) is 12.4. The summed E-state index contributed by atoms with van der Waals surface area (Å²) >= 11 is 0. The molecule has 0 unspecified atom stereocenters. The largest absolute Gasteiger partial charge is 0.508 e. The van der Waals surface area contributed by atoms with E-state index in [2.05, 4.69) is 14.9 Å². The summed E-state index contributed by atoms with van der Waals surface area (Å²) in [6.45, 7) is 1.42. The summed E-state index contributed by atoms with van der Waals surface area (Å²) in [7, 11) is 0. The molecule has 0 bridgehead atoms. The van der Waals surface area contributed by atoms with Crippen LogP contribution in [0, 0.1) is 0 Å². The molecule has 2 aromatic carbocycles. The Morgan fingerprint density at radius 1 is 0.957 bits per heavy atom. The number of benzene rings is 2. The summed E-state index contributed by atoms with van der Waals surface area (Å²) in [6.07, 6.45) is 3.78. The smallest absolute Gasteiger partial charge is 0.128 e. The van der Waals surface area contributed by atoms with Gasteiger partial charge in [-0.05, 0) is 29.8 Å². The second kappa shape index (κ2) is 9.37. The molecule has 0 saturated carbocycles. The van der Waals surface area contributed by atoms with Gasteiger partial charge in [-0.1, -0.05) is 30.3 Å². The molecule has 1 aromatic heterocycles. The molecule has 4 nitrogen and oxygen atoms in total. The topological polar surface area (TPSA) is 50.1 Å². The first kappa shape index (κ1) is 19.3. The number of hydrogen-bond acceptors (Lipinski definition) is 3. The van der Waals surface area contributed by atoms with Crippen LogP contribution in [0.3, 0.4) is 0 Å². The zero-order valence-corrected chi connectivity index (χ0v) is 15.8. The molecule has 122 valence electrons. The number of phenolic OH excluding ortho intramolecular Hbond substituents is 1. The maximum Gasteiger partial charge on any atom is 0.128 e. The van der Waals surface area contributed by atoms with Crippen LogP contribution in [-0.4, -0.2) is 14.7 Å². The third-order valence-electron chi connectivity index (χ3n) is 3.32. The number of rotatable bonds is 5. The highest BCUT2D eigenvalue weighted by molar-refractivity contribution is 8.93. The molecule has 23 heavy (non-hydrogen) atoms. The van der Waals surface area contributed by atoms with Gasteiger partial charge in [-0.15, -0.1) is 34.0 Å². The summed E-state index contributed by atoms with van der Waals surface area (Å²) in [5.74, 6) is 1.27. The van der Waals surface area contributed by atoms with E-state index in [4.69, 9.17) is 0 Å². The van der Waals surface area contributed by atoms with Crippen molar-refractivity contribution < 1.29 is 5.11 Å². The van der Waals surface area contributed by atoms with Crippen LogP contribution in [0.5, 0.6) is 5.75 Å². The standard InChI is InChI=1S/C17H17N3O.2BrH/c21-16-8-6-14(7-9-16)13-20-11-10-18-17(20)12-19-15-4-2-1-3-5-15;;/h1-11,19,21H,12-13H2;2*1H. The SMILES string of the molecule is Br.Br.Oc1ccc(Cn2ccnc2CNc2ccccc2)cc1. The zero-order chi connectivity index (χ0) is 14.5. The van der Waals surface area contributed by atoms with Gasteiger partial charge in [0.2, 0.25) is 0 Å². The molecule has 2 N–H and O–H groups in total. The highest BCUT2D eigenvalue weighted by Crippen LogP contribution is 2.13. The summed E-state index contributed by atoms with van der Waals surface area (Å²) in [6, 6.07) is 17.3. The molecule has 3 rings (SSSR count). The van der Waals surface area contributed by atoms with Gasteiger partial charge in [-0.3, -0.25) is 0 Å². The van der Waals surface area contributed by atoms with E-state index in [-0.39, 0.29) is 39.7 Å². The lowest BCUT2D eigenvalue weighted by Crippen LogP contribution is -2.09. The van der Waals surface area contributed by atoms with Crippen molar-refractivity contribution >= 4 is 39.7 Å². The molecule has 6 heteroatoms. The number of para-hydroxylation sites is 1. The van der Waals surface area contributed by atoms with Crippen molar-refractivity contribution in [3.05, 3.63) is 78.4 Å². The van der Waals surface area contributed by atoms with Crippen molar-refractivity contribution in [2.24, 2.45) is 0 Å². The van der Waals surface area contributed by atoms with Crippen LogP contribution in [0.4, 0.5) is 5.69 Å². The quantitative estimate of drug-likeness (QED) is 0.617. The van der Waals surface area contributed by atoms with Crippen LogP contribution in [0.15, 0.2) is 67.0 Å². The minimum Gasteiger partial charge on any atom is -0.508 e. The fourth-order valence-electron chi connectivity index (χ4n) is 2.19. The number of hydrogen-bond donors (Lipinski definition) is 2. The average Bonchev–Trinajstić information content (AvgIpc) is 2.96. The van der Waals surface area contributed by atoms with Crippen molar-refractivity contribution in [1.29, 1.82) is 0 Å². The van der Waals surface area contributed by atoms with Crippen molar-refractivity contribution in [3.63, 3.8) is 0 Å². The van der Waals surface area contributed by atoms with E-state index >= 15 is 0 Å². The third kappa shape index (κ3) is 5.41. The predicted octanol–water partition coefficient (Wildman–Crippen LogP) is 4.40. The second-order valence-electron chi connectivity index (χ2n) is 4.86. The van der Waals surface area contributed by atoms with Gasteiger partial charge >= 0.3 is 0 Å². The van der Waals surface area contributed by atoms with E-state index in [0.717, 1.165) is 23.6 Å². The number of aromatic hydroxyl groups is 1. The number of halogens is 2. The molecule has 0 radical (unpaired) electrons. The Labute approximate surface area is 156 Å². The van der Waals surface area contributed by atoms with Gasteiger partial charge in [-0.25, -0.2) is 4.98 Å². The average molecular weight is 441 g/mol. The summed E-state index contributed by atoms with van der Waals surface area (Å²) < 4.78 is 2.10. The van der Waals surface area contributed by atoms with Crippen molar-refractivity contribution in [1.82, 2.24) is 9.55 Å². The Morgan fingerprint density at radius 2 is 1.65 bits per heavy atom. The molecule has 0 atom stereocenters. The maximum atomic E-state index is 9.32. The maximum absolute atomic E-state index is 9.32. The third-order valence-corrected chi connectivity index (χ3v) is 3.32.